The normalized spacial score (nSPS) is 11.1. The van der Waals surface area contributed by atoms with Crippen LogP contribution in [0.15, 0.2) is 30.6 Å². The van der Waals surface area contributed by atoms with Gasteiger partial charge in [-0.3, -0.25) is 9.38 Å². The fourth-order valence-corrected chi connectivity index (χ4v) is 2.13. The molecule has 0 fully saturated rings. The van der Waals surface area contributed by atoms with E-state index in [0.717, 1.165) is 0 Å². The summed E-state index contributed by atoms with van der Waals surface area (Å²) >= 11 is 12.0. The summed E-state index contributed by atoms with van der Waals surface area (Å²) in [4.78, 5) is 3.91. The number of benzene rings is 1. The summed E-state index contributed by atoms with van der Waals surface area (Å²) in [6.07, 6.45) is 3.00. The largest absolute Gasteiger partial charge is 0.262 e. The molecule has 0 saturated carbocycles. The molecule has 0 saturated heterocycles. The average molecular weight is 283 g/mol. The van der Waals surface area contributed by atoms with Gasteiger partial charge < -0.3 is 0 Å². The first kappa shape index (κ1) is 11.4. The van der Waals surface area contributed by atoms with Gasteiger partial charge in [0.2, 0.25) is 0 Å². The second kappa shape index (κ2) is 4.19. The van der Waals surface area contributed by atoms with E-state index in [4.69, 9.17) is 23.2 Å². The van der Waals surface area contributed by atoms with E-state index in [1.54, 1.807) is 4.40 Å². The van der Waals surface area contributed by atoms with E-state index in [9.17, 15) is 4.39 Å². The Hall–Kier alpha value is -1.72. The van der Waals surface area contributed by atoms with E-state index in [-0.39, 0.29) is 5.02 Å². The molecule has 0 bridgehead atoms. The van der Waals surface area contributed by atoms with Gasteiger partial charge in [-0.05, 0) is 18.2 Å². The standard InChI is InChI=1S/C11H5Cl2FN4/c12-8-3-6(14)1-2-7(8)11-17-16-10-5-15-4-9(13)18(10)11/h1-5H. The van der Waals surface area contributed by atoms with Crippen LogP contribution in [0.5, 0.6) is 0 Å². The Labute approximate surface area is 111 Å². The molecule has 3 rings (SSSR count). The van der Waals surface area contributed by atoms with Crippen LogP contribution in [0.1, 0.15) is 0 Å². The first-order valence-corrected chi connectivity index (χ1v) is 5.72. The molecule has 18 heavy (non-hydrogen) atoms. The lowest BCUT2D eigenvalue weighted by Gasteiger charge is -2.03. The summed E-state index contributed by atoms with van der Waals surface area (Å²) in [6, 6.07) is 4.05. The quantitative estimate of drug-likeness (QED) is 0.688. The van der Waals surface area contributed by atoms with Crippen molar-refractivity contribution in [1.82, 2.24) is 19.6 Å². The monoisotopic (exact) mass is 282 g/mol. The topological polar surface area (TPSA) is 43.1 Å². The minimum absolute atomic E-state index is 0.247. The molecule has 0 atom stereocenters. The molecule has 0 aliphatic heterocycles. The van der Waals surface area contributed by atoms with E-state index >= 15 is 0 Å². The maximum atomic E-state index is 13.0. The zero-order valence-electron chi connectivity index (χ0n) is 8.81. The van der Waals surface area contributed by atoms with Crippen LogP contribution in [-0.2, 0) is 0 Å². The van der Waals surface area contributed by atoms with E-state index in [1.807, 2.05) is 0 Å². The highest BCUT2D eigenvalue weighted by atomic mass is 35.5. The lowest BCUT2D eigenvalue weighted by molar-refractivity contribution is 0.628. The molecule has 3 aromatic rings. The van der Waals surface area contributed by atoms with Crippen LogP contribution in [0.4, 0.5) is 4.39 Å². The highest BCUT2D eigenvalue weighted by Gasteiger charge is 2.14. The summed E-state index contributed by atoms with van der Waals surface area (Å²) in [6.45, 7) is 0. The SMILES string of the molecule is Fc1ccc(-c2nnc3cncc(Cl)n23)c(Cl)c1. The van der Waals surface area contributed by atoms with Gasteiger partial charge in [-0.1, -0.05) is 23.2 Å². The van der Waals surface area contributed by atoms with Crippen LogP contribution in [0, 0.1) is 5.82 Å². The van der Waals surface area contributed by atoms with Gasteiger partial charge in [-0.25, -0.2) is 4.39 Å². The summed E-state index contributed by atoms with van der Waals surface area (Å²) in [5.74, 6) is 0.0349. The Morgan fingerprint density at radius 3 is 2.72 bits per heavy atom. The number of rotatable bonds is 1. The Kier molecular flexibility index (Phi) is 2.65. The summed E-state index contributed by atoms with van der Waals surface area (Å²) in [7, 11) is 0. The molecule has 0 aliphatic carbocycles. The van der Waals surface area contributed by atoms with Gasteiger partial charge in [0.1, 0.15) is 11.0 Å². The van der Waals surface area contributed by atoms with E-state index < -0.39 is 5.82 Å². The van der Waals surface area contributed by atoms with E-state index in [0.29, 0.717) is 22.2 Å². The predicted molar refractivity (Wildman–Crippen MR) is 66.2 cm³/mol. The third-order valence-electron chi connectivity index (χ3n) is 2.44. The molecule has 0 aliphatic rings. The number of fused-ring (bicyclic) bond motifs is 1. The molecule has 7 heteroatoms. The molecular weight excluding hydrogens is 278 g/mol. The van der Waals surface area contributed by atoms with Gasteiger partial charge in [0.25, 0.3) is 0 Å². The number of aromatic nitrogens is 4. The molecule has 90 valence electrons. The molecule has 0 amide bonds. The second-order valence-corrected chi connectivity index (χ2v) is 4.37. The molecule has 0 unspecified atom stereocenters. The van der Waals surface area contributed by atoms with Crippen molar-refractivity contribution < 1.29 is 4.39 Å². The first-order chi connectivity index (χ1) is 8.66. The highest BCUT2D eigenvalue weighted by Crippen LogP contribution is 2.28. The summed E-state index contributed by atoms with van der Waals surface area (Å²) in [5.41, 5.74) is 1.05. The Bertz CT molecular complexity index is 741. The van der Waals surface area contributed by atoms with Crippen molar-refractivity contribution in [1.29, 1.82) is 0 Å². The fraction of sp³-hybridized carbons (Fsp3) is 0. The van der Waals surface area contributed by atoms with Crippen LogP contribution in [0.3, 0.4) is 0 Å². The molecule has 1 aromatic carbocycles. The molecule has 0 spiro atoms. The molecular formula is C11H5Cl2FN4. The molecule has 4 nitrogen and oxygen atoms in total. The van der Waals surface area contributed by atoms with Crippen LogP contribution < -0.4 is 0 Å². The van der Waals surface area contributed by atoms with Crippen molar-refractivity contribution in [3.8, 4) is 11.4 Å². The summed E-state index contributed by atoms with van der Waals surface area (Å²) < 4.78 is 14.6. The zero-order valence-corrected chi connectivity index (χ0v) is 10.3. The lowest BCUT2D eigenvalue weighted by atomic mass is 10.2. The number of hydrogen-bond donors (Lipinski definition) is 0. The number of halogens is 3. The zero-order chi connectivity index (χ0) is 12.7. The molecule has 2 aromatic heterocycles. The third kappa shape index (κ3) is 1.72. The van der Waals surface area contributed by atoms with E-state index in [1.165, 1.54) is 30.6 Å². The smallest absolute Gasteiger partial charge is 0.180 e. The van der Waals surface area contributed by atoms with Crippen molar-refractivity contribution in [3.63, 3.8) is 0 Å². The Morgan fingerprint density at radius 1 is 1.11 bits per heavy atom. The van der Waals surface area contributed by atoms with Crippen molar-refractivity contribution in [3.05, 3.63) is 46.6 Å². The van der Waals surface area contributed by atoms with Gasteiger partial charge in [-0.15, -0.1) is 10.2 Å². The third-order valence-corrected chi connectivity index (χ3v) is 3.02. The maximum Gasteiger partial charge on any atom is 0.180 e. The lowest BCUT2D eigenvalue weighted by Crippen LogP contribution is -1.93. The van der Waals surface area contributed by atoms with E-state index in [2.05, 4.69) is 15.2 Å². The first-order valence-electron chi connectivity index (χ1n) is 4.97. The average Bonchev–Trinajstić information content (AvgIpc) is 2.74. The van der Waals surface area contributed by atoms with Gasteiger partial charge in [0.05, 0.1) is 17.4 Å². The Morgan fingerprint density at radius 2 is 1.94 bits per heavy atom. The van der Waals surface area contributed by atoms with Crippen molar-refractivity contribution in [2.24, 2.45) is 0 Å². The number of hydrogen-bond acceptors (Lipinski definition) is 3. The molecule has 0 radical (unpaired) electrons. The minimum Gasteiger partial charge on any atom is -0.262 e. The maximum absolute atomic E-state index is 13.0. The van der Waals surface area contributed by atoms with Crippen LogP contribution in [-0.4, -0.2) is 19.6 Å². The van der Waals surface area contributed by atoms with Gasteiger partial charge in [0.15, 0.2) is 11.5 Å². The Balaban J connectivity index is 2.32. The van der Waals surface area contributed by atoms with Gasteiger partial charge in [-0.2, -0.15) is 0 Å². The molecule has 2 heterocycles. The van der Waals surface area contributed by atoms with Crippen LogP contribution in [0.2, 0.25) is 10.2 Å². The number of nitrogens with zero attached hydrogens (tertiary/aromatic N) is 4. The van der Waals surface area contributed by atoms with Crippen molar-refractivity contribution >= 4 is 28.8 Å². The van der Waals surface area contributed by atoms with Gasteiger partial charge in [0, 0.05) is 5.56 Å². The fourth-order valence-electron chi connectivity index (χ4n) is 1.66. The minimum atomic E-state index is -0.412. The van der Waals surface area contributed by atoms with Crippen molar-refractivity contribution in [2.75, 3.05) is 0 Å². The van der Waals surface area contributed by atoms with Crippen LogP contribution in [0.25, 0.3) is 17.0 Å². The second-order valence-electron chi connectivity index (χ2n) is 3.57. The molecule has 0 N–H and O–H groups in total. The summed E-state index contributed by atoms with van der Waals surface area (Å²) in [5, 5.41) is 8.53. The predicted octanol–water partition coefficient (Wildman–Crippen LogP) is 3.24. The van der Waals surface area contributed by atoms with Crippen molar-refractivity contribution in [2.45, 2.75) is 0 Å². The highest BCUT2D eigenvalue weighted by molar-refractivity contribution is 6.33. The van der Waals surface area contributed by atoms with Crippen LogP contribution >= 0.6 is 23.2 Å². The van der Waals surface area contributed by atoms with Gasteiger partial charge >= 0.3 is 0 Å².